The second kappa shape index (κ2) is 7.76. The molecule has 2 aromatic rings. The number of aromatic nitrogens is 3. The van der Waals surface area contributed by atoms with Crippen LogP contribution in [-0.2, 0) is 11.3 Å². The zero-order valence-corrected chi connectivity index (χ0v) is 15.6. The quantitative estimate of drug-likeness (QED) is 0.785. The Morgan fingerprint density at radius 1 is 1.31 bits per heavy atom. The van der Waals surface area contributed by atoms with Gasteiger partial charge in [0.05, 0.1) is 13.7 Å². The lowest BCUT2D eigenvalue weighted by atomic mass is 10.1. The van der Waals surface area contributed by atoms with Gasteiger partial charge in [-0.2, -0.15) is 0 Å². The monoisotopic (exact) mass is 358 g/mol. The number of hydrogen-bond acceptors (Lipinski definition) is 4. The van der Waals surface area contributed by atoms with E-state index in [-0.39, 0.29) is 17.6 Å². The lowest BCUT2D eigenvalue weighted by molar-refractivity contribution is -0.121. The van der Waals surface area contributed by atoms with Crippen LogP contribution in [0.15, 0.2) is 29.1 Å². The van der Waals surface area contributed by atoms with Gasteiger partial charge in [-0.05, 0) is 43.0 Å². The molecule has 0 atom stereocenters. The van der Waals surface area contributed by atoms with Crippen LogP contribution in [0.5, 0.6) is 5.75 Å². The van der Waals surface area contributed by atoms with E-state index in [1.54, 1.807) is 11.7 Å². The molecule has 0 unspecified atom stereocenters. The third-order valence-electron chi connectivity index (χ3n) is 4.37. The van der Waals surface area contributed by atoms with Crippen molar-refractivity contribution in [2.75, 3.05) is 13.7 Å². The number of nitrogens with zero attached hydrogens (tertiary/aromatic N) is 3. The van der Waals surface area contributed by atoms with Crippen LogP contribution in [0.25, 0.3) is 11.4 Å². The normalized spacial score (nSPS) is 13.8. The first-order valence-corrected chi connectivity index (χ1v) is 9.10. The van der Waals surface area contributed by atoms with Crippen molar-refractivity contribution in [2.24, 2.45) is 5.92 Å². The van der Waals surface area contributed by atoms with Crippen molar-refractivity contribution in [3.8, 4) is 17.1 Å². The van der Waals surface area contributed by atoms with E-state index >= 15 is 0 Å². The predicted molar refractivity (Wildman–Crippen MR) is 99.2 cm³/mol. The van der Waals surface area contributed by atoms with Gasteiger partial charge in [0, 0.05) is 24.6 Å². The minimum absolute atomic E-state index is 0.00468. The van der Waals surface area contributed by atoms with Crippen LogP contribution in [0.3, 0.4) is 0 Å². The average Bonchev–Trinajstić information content (AvgIpc) is 3.39. The van der Waals surface area contributed by atoms with E-state index in [2.05, 4.69) is 10.4 Å². The maximum atomic E-state index is 12.7. The van der Waals surface area contributed by atoms with E-state index in [1.807, 2.05) is 38.1 Å². The van der Waals surface area contributed by atoms with Gasteiger partial charge in [0.25, 0.3) is 0 Å². The molecule has 3 rings (SSSR count). The Bertz CT molecular complexity index is 816. The fourth-order valence-electron chi connectivity index (χ4n) is 2.91. The molecule has 1 N–H and O–H groups in total. The van der Waals surface area contributed by atoms with Crippen molar-refractivity contribution in [3.05, 3.63) is 34.7 Å². The Hall–Kier alpha value is -2.57. The summed E-state index contributed by atoms with van der Waals surface area (Å²) in [6.45, 7) is 4.77. The van der Waals surface area contributed by atoms with Gasteiger partial charge in [0.2, 0.25) is 5.91 Å². The first kappa shape index (κ1) is 18.2. The number of ether oxygens (including phenoxy) is 1. The zero-order chi connectivity index (χ0) is 18.7. The van der Waals surface area contributed by atoms with E-state index in [0.29, 0.717) is 31.3 Å². The molecule has 0 bridgehead atoms. The van der Waals surface area contributed by atoms with Crippen molar-refractivity contribution in [3.63, 3.8) is 0 Å². The smallest absolute Gasteiger partial charge is 0.346 e. The highest BCUT2D eigenvalue weighted by Gasteiger charge is 2.30. The largest absolute Gasteiger partial charge is 0.497 e. The Morgan fingerprint density at radius 3 is 2.58 bits per heavy atom. The molecule has 1 amide bonds. The maximum absolute atomic E-state index is 12.7. The molecule has 7 heteroatoms. The van der Waals surface area contributed by atoms with Gasteiger partial charge in [0.1, 0.15) is 5.75 Å². The lowest BCUT2D eigenvalue weighted by Gasteiger charge is -2.06. The topological polar surface area (TPSA) is 78.2 Å². The van der Waals surface area contributed by atoms with Gasteiger partial charge >= 0.3 is 5.69 Å². The predicted octanol–water partition coefficient (Wildman–Crippen LogP) is 2.22. The summed E-state index contributed by atoms with van der Waals surface area (Å²) in [6, 6.07) is 7.77. The highest BCUT2D eigenvalue weighted by molar-refractivity contribution is 5.75. The molecule has 1 aromatic carbocycles. The molecule has 1 saturated carbocycles. The van der Waals surface area contributed by atoms with Crippen LogP contribution in [0.4, 0.5) is 0 Å². The van der Waals surface area contributed by atoms with Gasteiger partial charge in [-0.3, -0.25) is 9.36 Å². The molecule has 26 heavy (non-hydrogen) atoms. The third-order valence-corrected chi connectivity index (χ3v) is 4.37. The van der Waals surface area contributed by atoms with Crippen LogP contribution < -0.4 is 15.7 Å². The summed E-state index contributed by atoms with van der Waals surface area (Å²) in [5, 5.41) is 7.38. The summed E-state index contributed by atoms with van der Waals surface area (Å²) < 4.78 is 8.42. The molecule has 0 radical (unpaired) electrons. The van der Waals surface area contributed by atoms with Gasteiger partial charge < -0.3 is 10.1 Å². The number of benzene rings is 1. The fraction of sp³-hybridized carbons (Fsp3) is 0.526. The van der Waals surface area contributed by atoms with E-state index in [4.69, 9.17) is 4.74 Å². The Balaban J connectivity index is 1.77. The van der Waals surface area contributed by atoms with E-state index in [1.165, 1.54) is 4.68 Å². The maximum Gasteiger partial charge on any atom is 0.346 e. The SMILES string of the molecule is COc1ccc(-c2nn(CCNC(=O)CC(C)C)c(=O)n2C2CC2)cc1. The lowest BCUT2D eigenvalue weighted by Crippen LogP contribution is -2.32. The zero-order valence-electron chi connectivity index (χ0n) is 15.6. The number of carbonyl (C=O) groups excluding carboxylic acids is 1. The first-order valence-electron chi connectivity index (χ1n) is 9.10. The molecule has 1 aromatic heterocycles. The molecule has 0 saturated heterocycles. The van der Waals surface area contributed by atoms with Crippen molar-refractivity contribution < 1.29 is 9.53 Å². The van der Waals surface area contributed by atoms with Crippen molar-refractivity contribution in [2.45, 2.75) is 45.7 Å². The summed E-state index contributed by atoms with van der Waals surface area (Å²) in [7, 11) is 1.62. The molecule has 1 aliphatic carbocycles. The van der Waals surface area contributed by atoms with Gasteiger partial charge in [-0.15, -0.1) is 5.10 Å². The second-order valence-electron chi connectivity index (χ2n) is 7.11. The van der Waals surface area contributed by atoms with Crippen molar-refractivity contribution >= 4 is 5.91 Å². The minimum atomic E-state index is -0.114. The van der Waals surface area contributed by atoms with E-state index in [0.717, 1.165) is 24.2 Å². The highest BCUT2D eigenvalue weighted by Crippen LogP contribution is 2.36. The van der Waals surface area contributed by atoms with Crippen LogP contribution in [0.1, 0.15) is 39.2 Å². The summed E-state index contributed by atoms with van der Waals surface area (Å²) in [6.07, 6.45) is 2.49. The molecule has 0 aliphatic heterocycles. The van der Waals surface area contributed by atoms with Gasteiger partial charge in [-0.1, -0.05) is 13.8 Å². The van der Waals surface area contributed by atoms with Crippen LogP contribution in [-0.4, -0.2) is 33.9 Å². The van der Waals surface area contributed by atoms with E-state index < -0.39 is 0 Å². The van der Waals surface area contributed by atoms with Crippen molar-refractivity contribution in [1.82, 2.24) is 19.7 Å². The van der Waals surface area contributed by atoms with Crippen molar-refractivity contribution in [1.29, 1.82) is 0 Å². The van der Waals surface area contributed by atoms with Crippen LogP contribution >= 0.6 is 0 Å². The Labute approximate surface area is 153 Å². The number of rotatable bonds is 8. The number of methoxy groups -OCH3 is 1. The summed E-state index contributed by atoms with van der Waals surface area (Å²) >= 11 is 0. The Morgan fingerprint density at radius 2 is 2.00 bits per heavy atom. The van der Waals surface area contributed by atoms with Crippen LogP contribution in [0, 0.1) is 5.92 Å². The van der Waals surface area contributed by atoms with Gasteiger partial charge in [0.15, 0.2) is 5.82 Å². The molecule has 1 heterocycles. The number of hydrogen-bond donors (Lipinski definition) is 1. The van der Waals surface area contributed by atoms with E-state index in [9.17, 15) is 9.59 Å². The molecule has 0 spiro atoms. The summed E-state index contributed by atoms with van der Waals surface area (Å²) in [5.74, 6) is 1.76. The molecule has 1 fully saturated rings. The Kier molecular flexibility index (Phi) is 5.44. The molecule has 140 valence electrons. The standard InChI is InChI=1S/C19H26N4O3/c1-13(2)12-17(24)20-10-11-22-19(25)23(15-6-7-15)18(21-22)14-4-8-16(26-3)9-5-14/h4-5,8-9,13,15H,6-7,10-12H2,1-3H3,(H,20,24). The van der Waals surface area contributed by atoms with Gasteiger partial charge in [-0.25, -0.2) is 9.48 Å². The minimum Gasteiger partial charge on any atom is -0.497 e. The second-order valence-corrected chi connectivity index (χ2v) is 7.11. The third kappa shape index (κ3) is 4.15. The summed E-state index contributed by atoms with van der Waals surface area (Å²) in [4.78, 5) is 24.5. The fourth-order valence-corrected chi connectivity index (χ4v) is 2.91. The molecular formula is C19H26N4O3. The molecular weight excluding hydrogens is 332 g/mol. The first-order chi connectivity index (χ1) is 12.5. The molecule has 1 aliphatic rings. The molecule has 7 nitrogen and oxygen atoms in total. The highest BCUT2D eigenvalue weighted by atomic mass is 16.5. The number of amides is 1. The number of carbonyl (C=O) groups is 1. The number of nitrogens with one attached hydrogen (secondary N) is 1. The van der Waals surface area contributed by atoms with Crippen LogP contribution in [0.2, 0.25) is 0 Å². The average molecular weight is 358 g/mol. The summed E-state index contributed by atoms with van der Waals surface area (Å²) in [5.41, 5.74) is 0.772.